The maximum Gasteiger partial charge on any atom is 0.272 e. The molecule has 1 aromatic heterocycles. The van der Waals surface area contributed by atoms with Crippen molar-refractivity contribution in [3.63, 3.8) is 0 Å². The van der Waals surface area contributed by atoms with E-state index in [1.165, 1.54) is 0 Å². The Bertz CT molecular complexity index is 536. The van der Waals surface area contributed by atoms with Gasteiger partial charge >= 0.3 is 0 Å². The highest BCUT2D eigenvalue weighted by Crippen LogP contribution is 2.09. The molecule has 2 heterocycles. The van der Waals surface area contributed by atoms with Gasteiger partial charge in [0.15, 0.2) is 0 Å². The Kier molecular flexibility index (Phi) is 6.52. The van der Waals surface area contributed by atoms with Crippen molar-refractivity contribution in [1.29, 1.82) is 0 Å². The van der Waals surface area contributed by atoms with E-state index < -0.39 is 0 Å². The minimum absolute atomic E-state index is 0.106. The van der Waals surface area contributed by atoms with Crippen molar-refractivity contribution in [2.45, 2.75) is 26.7 Å². The highest BCUT2D eigenvalue weighted by molar-refractivity contribution is 5.96. The Morgan fingerprint density at radius 2 is 1.74 bits per heavy atom. The number of carbonyl (C=O) groups is 2. The van der Waals surface area contributed by atoms with Crippen LogP contribution in [0.1, 0.15) is 47.7 Å². The topological polar surface area (TPSA) is 62.7 Å². The van der Waals surface area contributed by atoms with Gasteiger partial charge in [0.05, 0.1) is 13.2 Å². The van der Waals surface area contributed by atoms with Gasteiger partial charge in [0.2, 0.25) is 0 Å². The maximum atomic E-state index is 12.6. The number of morpholine rings is 1. The summed E-state index contributed by atoms with van der Waals surface area (Å²) in [7, 11) is 0. The quantitative estimate of drug-likeness (QED) is 0.802. The molecule has 6 heteroatoms. The van der Waals surface area contributed by atoms with Gasteiger partial charge in [-0.2, -0.15) is 0 Å². The summed E-state index contributed by atoms with van der Waals surface area (Å²) >= 11 is 0. The molecule has 2 rings (SSSR count). The second kappa shape index (κ2) is 8.62. The first kappa shape index (κ1) is 17.4. The number of amides is 2. The standard InChI is InChI=1S/C17H25N3O3/c1-3-8-19(9-4-2)16(21)14-6-5-7-15(18-14)17(22)20-10-12-23-13-11-20/h5-7H,3-4,8-13H2,1-2H3. The predicted octanol–water partition coefficient (Wildman–Crippen LogP) is 1.82. The second-order valence-corrected chi connectivity index (χ2v) is 5.60. The van der Waals surface area contributed by atoms with Gasteiger partial charge < -0.3 is 14.5 Å². The van der Waals surface area contributed by atoms with E-state index in [2.05, 4.69) is 4.98 Å². The highest BCUT2D eigenvalue weighted by atomic mass is 16.5. The predicted molar refractivity (Wildman–Crippen MR) is 87.4 cm³/mol. The minimum atomic E-state index is -0.138. The molecule has 0 aromatic carbocycles. The molecule has 6 nitrogen and oxygen atoms in total. The maximum absolute atomic E-state index is 12.6. The monoisotopic (exact) mass is 319 g/mol. The van der Waals surface area contributed by atoms with Crippen LogP contribution in [0.5, 0.6) is 0 Å². The fourth-order valence-electron chi connectivity index (χ4n) is 2.62. The van der Waals surface area contributed by atoms with Crippen LogP contribution >= 0.6 is 0 Å². The van der Waals surface area contributed by atoms with E-state index in [4.69, 9.17) is 4.74 Å². The number of ether oxygens (including phenoxy) is 1. The van der Waals surface area contributed by atoms with Gasteiger partial charge in [-0.3, -0.25) is 9.59 Å². The lowest BCUT2D eigenvalue weighted by molar-refractivity contribution is 0.0299. The molecule has 126 valence electrons. The van der Waals surface area contributed by atoms with Gasteiger partial charge in [0, 0.05) is 26.2 Å². The SMILES string of the molecule is CCCN(CCC)C(=O)c1cccc(C(=O)N2CCOCC2)n1. The van der Waals surface area contributed by atoms with Crippen LogP contribution in [0, 0.1) is 0 Å². The highest BCUT2D eigenvalue weighted by Gasteiger charge is 2.22. The zero-order valence-corrected chi connectivity index (χ0v) is 14.0. The van der Waals surface area contributed by atoms with Crippen LogP contribution in [0.2, 0.25) is 0 Å². The van der Waals surface area contributed by atoms with Gasteiger partial charge in [-0.1, -0.05) is 19.9 Å². The van der Waals surface area contributed by atoms with E-state index in [-0.39, 0.29) is 11.8 Å². The molecule has 0 spiro atoms. The number of hydrogen-bond donors (Lipinski definition) is 0. The molecule has 0 N–H and O–H groups in total. The largest absolute Gasteiger partial charge is 0.378 e. The average molecular weight is 319 g/mol. The van der Waals surface area contributed by atoms with Crippen LogP contribution in [0.4, 0.5) is 0 Å². The van der Waals surface area contributed by atoms with Crippen LogP contribution in [-0.2, 0) is 4.74 Å². The minimum Gasteiger partial charge on any atom is -0.378 e. The molecule has 1 aliphatic rings. The zero-order valence-electron chi connectivity index (χ0n) is 14.0. The van der Waals surface area contributed by atoms with Gasteiger partial charge in [-0.15, -0.1) is 0 Å². The van der Waals surface area contributed by atoms with E-state index in [9.17, 15) is 9.59 Å². The fraction of sp³-hybridized carbons (Fsp3) is 0.588. The summed E-state index contributed by atoms with van der Waals surface area (Å²) in [6.45, 7) is 7.72. The zero-order chi connectivity index (χ0) is 16.7. The molecule has 0 unspecified atom stereocenters. The van der Waals surface area contributed by atoms with Crippen LogP contribution in [-0.4, -0.2) is 66.0 Å². The van der Waals surface area contributed by atoms with Crippen LogP contribution < -0.4 is 0 Å². The molecule has 23 heavy (non-hydrogen) atoms. The second-order valence-electron chi connectivity index (χ2n) is 5.60. The van der Waals surface area contributed by atoms with Crippen LogP contribution in [0.15, 0.2) is 18.2 Å². The molecule has 0 aliphatic carbocycles. The molecule has 1 aliphatic heterocycles. The first-order valence-electron chi connectivity index (χ1n) is 8.30. The third-order valence-corrected chi connectivity index (χ3v) is 3.76. The van der Waals surface area contributed by atoms with E-state index in [1.807, 2.05) is 13.8 Å². The lowest BCUT2D eigenvalue weighted by Crippen LogP contribution is -2.41. The summed E-state index contributed by atoms with van der Waals surface area (Å²) in [6.07, 6.45) is 1.80. The molecular weight excluding hydrogens is 294 g/mol. The van der Waals surface area contributed by atoms with Crippen molar-refractivity contribution in [3.8, 4) is 0 Å². The van der Waals surface area contributed by atoms with Crippen LogP contribution in [0.25, 0.3) is 0 Å². The van der Waals surface area contributed by atoms with E-state index in [1.54, 1.807) is 28.0 Å². The van der Waals surface area contributed by atoms with Gasteiger partial charge in [-0.05, 0) is 25.0 Å². The molecular formula is C17H25N3O3. The summed E-state index contributed by atoms with van der Waals surface area (Å²) < 4.78 is 5.26. The number of rotatable bonds is 6. The number of pyridine rings is 1. The third kappa shape index (κ3) is 4.51. The van der Waals surface area contributed by atoms with Crippen molar-refractivity contribution in [1.82, 2.24) is 14.8 Å². The van der Waals surface area contributed by atoms with E-state index >= 15 is 0 Å². The molecule has 1 fully saturated rings. The van der Waals surface area contributed by atoms with Crippen molar-refractivity contribution < 1.29 is 14.3 Å². The van der Waals surface area contributed by atoms with Crippen molar-refractivity contribution in [2.24, 2.45) is 0 Å². The molecule has 0 radical (unpaired) electrons. The Labute approximate surface area is 137 Å². The summed E-state index contributed by atoms with van der Waals surface area (Å²) in [6, 6.07) is 5.07. The Morgan fingerprint density at radius 3 is 2.35 bits per heavy atom. The van der Waals surface area contributed by atoms with Crippen molar-refractivity contribution >= 4 is 11.8 Å². The van der Waals surface area contributed by atoms with Crippen molar-refractivity contribution in [3.05, 3.63) is 29.6 Å². The normalized spacial score (nSPS) is 14.6. The van der Waals surface area contributed by atoms with Gasteiger partial charge in [0.1, 0.15) is 11.4 Å². The number of hydrogen-bond acceptors (Lipinski definition) is 4. The summed E-state index contributed by atoms with van der Waals surface area (Å²) in [5, 5.41) is 0. The first-order valence-corrected chi connectivity index (χ1v) is 8.30. The Morgan fingerprint density at radius 1 is 1.13 bits per heavy atom. The smallest absolute Gasteiger partial charge is 0.272 e. The molecule has 2 amide bonds. The molecule has 0 bridgehead atoms. The Hall–Kier alpha value is -1.95. The first-order chi connectivity index (χ1) is 11.2. The van der Waals surface area contributed by atoms with Gasteiger partial charge in [-0.25, -0.2) is 4.98 Å². The molecule has 0 saturated carbocycles. The van der Waals surface area contributed by atoms with E-state index in [0.717, 1.165) is 12.8 Å². The summed E-state index contributed by atoms with van der Waals surface area (Å²) in [4.78, 5) is 32.9. The molecule has 1 saturated heterocycles. The fourth-order valence-corrected chi connectivity index (χ4v) is 2.62. The number of nitrogens with zero attached hydrogens (tertiary/aromatic N) is 3. The van der Waals surface area contributed by atoms with Gasteiger partial charge in [0.25, 0.3) is 11.8 Å². The third-order valence-electron chi connectivity index (χ3n) is 3.76. The van der Waals surface area contributed by atoms with E-state index in [0.29, 0.717) is 50.8 Å². The lowest BCUT2D eigenvalue weighted by Gasteiger charge is -2.26. The summed E-state index contributed by atoms with van der Waals surface area (Å²) in [5.74, 6) is -0.245. The number of aromatic nitrogens is 1. The Balaban J connectivity index is 2.14. The van der Waals surface area contributed by atoms with Crippen LogP contribution in [0.3, 0.4) is 0 Å². The molecule has 1 aromatic rings. The lowest BCUT2D eigenvalue weighted by atomic mass is 10.2. The summed E-state index contributed by atoms with van der Waals surface area (Å²) in [5.41, 5.74) is 0.664. The average Bonchev–Trinajstić information content (AvgIpc) is 2.61. The number of carbonyl (C=O) groups excluding carboxylic acids is 2. The molecule has 0 atom stereocenters. The van der Waals surface area contributed by atoms with Crippen molar-refractivity contribution in [2.75, 3.05) is 39.4 Å².